The molecule has 0 radical (unpaired) electrons. The minimum atomic E-state index is 0.354. The first-order chi connectivity index (χ1) is 8.13. The average molecular weight is 239 g/mol. The minimum Gasteiger partial charge on any atom is -0.396 e. The van der Waals surface area contributed by atoms with Crippen LogP contribution in [0, 0.1) is 11.3 Å². The fourth-order valence-corrected chi connectivity index (χ4v) is 3.67. The summed E-state index contributed by atoms with van der Waals surface area (Å²) in [6, 6.07) is 0.848. The van der Waals surface area contributed by atoms with Crippen molar-refractivity contribution in [3.05, 3.63) is 0 Å². The van der Waals surface area contributed by atoms with Crippen molar-refractivity contribution in [1.82, 2.24) is 4.90 Å². The fourth-order valence-electron chi connectivity index (χ4n) is 3.67. The van der Waals surface area contributed by atoms with Gasteiger partial charge < -0.3 is 10.0 Å². The van der Waals surface area contributed by atoms with E-state index in [0.717, 1.165) is 12.5 Å². The lowest BCUT2D eigenvalue weighted by Crippen LogP contribution is -2.49. The van der Waals surface area contributed by atoms with Crippen molar-refractivity contribution in [3.8, 4) is 0 Å². The Hall–Kier alpha value is -0.0800. The number of rotatable bonds is 3. The molecule has 1 heterocycles. The van der Waals surface area contributed by atoms with Crippen molar-refractivity contribution in [2.75, 3.05) is 19.7 Å². The second kappa shape index (κ2) is 5.71. The summed E-state index contributed by atoms with van der Waals surface area (Å²) in [4.78, 5) is 2.73. The molecule has 0 bridgehead atoms. The Morgan fingerprint density at radius 1 is 1.18 bits per heavy atom. The van der Waals surface area contributed by atoms with Gasteiger partial charge in [0.05, 0.1) is 0 Å². The molecule has 2 rings (SSSR count). The van der Waals surface area contributed by atoms with Crippen LogP contribution in [0.15, 0.2) is 0 Å². The van der Waals surface area contributed by atoms with Gasteiger partial charge in [0.2, 0.25) is 0 Å². The maximum absolute atomic E-state index is 9.23. The average Bonchev–Trinajstić information content (AvgIpc) is 2.33. The molecule has 1 saturated heterocycles. The molecule has 0 spiro atoms. The van der Waals surface area contributed by atoms with Crippen molar-refractivity contribution in [2.45, 2.75) is 64.8 Å². The number of hydrogen-bond acceptors (Lipinski definition) is 2. The Morgan fingerprint density at radius 2 is 1.88 bits per heavy atom. The van der Waals surface area contributed by atoms with Gasteiger partial charge >= 0.3 is 0 Å². The molecule has 0 aromatic heterocycles. The van der Waals surface area contributed by atoms with Crippen LogP contribution in [-0.2, 0) is 0 Å². The van der Waals surface area contributed by atoms with Gasteiger partial charge in [-0.2, -0.15) is 0 Å². The van der Waals surface area contributed by atoms with Crippen LogP contribution in [0.4, 0.5) is 0 Å². The van der Waals surface area contributed by atoms with Gasteiger partial charge in [-0.1, -0.05) is 33.1 Å². The Morgan fingerprint density at radius 3 is 2.53 bits per heavy atom. The van der Waals surface area contributed by atoms with Gasteiger partial charge in [0.15, 0.2) is 0 Å². The zero-order valence-corrected chi connectivity index (χ0v) is 11.6. The molecular formula is C15H29NO. The molecule has 2 heteroatoms. The standard InChI is InChI=1S/C15H29NO/c1-15(2)9-10-16(12-13(15)8-11-17)14-6-4-3-5-7-14/h13-14,17H,3-12H2,1-2H3. The maximum Gasteiger partial charge on any atom is 0.0434 e. The van der Waals surface area contributed by atoms with Crippen molar-refractivity contribution in [1.29, 1.82) is 0 Å². The summed E-state index contributed by atoms with van der Waals surface area (Å²) in [5.74, 6) is 0.683. The van der Waals surface area contributed by atoms with E-state index in [1.54, 1.807) is 0 Å². The van der Waals surface area contributed by atoms with E-state index >= 15 is 0 Å². The SMILES string of the molecule is CC1(C)CCN(C2CCCCC2)CC1CCO. The molecule has 1 saturated carbocycles. The molecule has 1 aliphatic heterocycles. The normalized spacial score (nSPS) is 31.6. The second-order valence-corrected chi connectivity index (χ2v) is 6.73. The smallest absolute Gasteiger partial charge is 0.0434 e. The highest BCUT2D eigenvalue weighted by atomic mass is 16.3. The van der Waals surface area contributed by atoms with Gasteiger partial charge in [-0.15, -0.1) is 0 Å². The highest BCUT2D eigenvalue weighted by molar-refractivity contribution is 4.89. The Kier molecular flexibility index (Phi) is 4.48. The molecule has 1 N–H and O–H groups in total. The van der Waals surface area contributed by atoms with Crippen molar-refractivity contribution < 1.29 is 5.11 Å². The fraction of sp³-hybridized carbons (Fsp3) is 1.00. The predicted molar refractivity (Wildman–Crippen MR) is 72.0 cm³/mol. The summed E-state index contributed by atoms with van der Waals surface area (Å²) in [5.41, 5.74) is 0.425. The van der Waals surface area contributed by atoms with Crippen LogP contribution in [0.25, 0.3) is 0 Å². The van der Waals surface area contributed by atoms with Crippen LogP contribution in [-0.4, -0.2) is 35.7 Å². The summed E-state index contributed by atoms with van der Waals surface area (Å²) in [7, 11) is 0. The third kappa shape index (κ3) is 3.23. The highest BCUT2D eigenvalue weighted by Crippen LogP contribution is 2.39. The third-order valence-electron chi connectivity index (χ3n) is 5.17. The van der Waals surface area contributed by atoms with E-state index in [4.69, 9.17) is 0 Å². The van der Waals surface area contributed by atoms with Crippen molar-refractivity contribution in [3.63, 3.8) is 0 Å². The van der Waals surface area contributed by atoms with Crippen molar-refractivity contribution in [2.24, 2.45) is 11.3 Å². The highest BCUT2D eigenvalue weighted by Gasteiger charge is 2.37. The quantitative estimate of drug-likeness (QED) is 0.818. The largest absolute Gasteiger partial charge is 0.396 e. The molecule has 0 amide bonds. The first kappa shape index (κ1) is 13.4. The number of aliphatic hydroxyl groups excluding tert-OH is 1. The number of aliphatic hydroxyl groups is 1. The third-order valence-corrected chi connectivity index (χ3v) is 5.17. The zero-order valence-electron chi connectivity index (χ0n) is 11.6. The van der Waals surface area contributed by atoms with Crippen LogP contribution in [0.1, 0.15) is 58.8 Å². The molecule has 2 aliphatic rings. The van der Waals surface area contributed by atoms with Gasteiger partial charge in [-0.05, 0) is 43.6 Å². The number of nitrogens with zero attached hydrogens (tertiary/aromatic N) is 1. The monoisotopic (exact) mass is 239 g/mol. The molecule has 1 aliphatic carbocycles. The Labute approximate surface area is 106 Å². The number of likely N-dealkylation sites (tertiary alicyclic amines) is 1. The Bertz CT molecular complexity index is 233. The topological polar surface area (TPSA) is 23.5 Å². The van der Waals surface area contributed by atoms with Crippen molar-refractivity contribution >= 4 is 0 Å². The molecule has 100 valence electrons. The van der Waals surface area contributed by atoms with Gasteiger partial charge in [-0.25, -0.2) is 0 Å². The second-order valence-electron chi connectivity index (χ2n) is 6.73. The molecular weight excluding hydrogens is 210 g/mol. The van der Waals surface area contributed by atoms with Crippen LogP contribution in [0.2, 0.25) is 0 Å². The lowest BCUT2D eigenvalue weighted by molar-refractivity contribution is 0.0121. The van der Waals surface area contributed by atoms with Crippen LogP contribution in [0.5, 0.6) is 0 Å². The molecule has 1 atom stereocenters. The van der Waals surface area contributed by atoms with Crippen LogP contribution < -0.4 is 0 Å². The lowest BCUT2D eigenvalue weighted by atomic mass is 9.71. The van der Waals surface area contributed by atoms with Gasteiger partial charge in [0, 0.05) is 19.2 Å². The first-order valence-electron chi connectivity index (χ1n) is 7.48. The van der Waals surface area contributed by atoms with Gasteiger partial charge in [0.25, 0.3) is 0 Å². The zero-order chi connectivity index (χ0) is 12.3. The van der Waals surface area contributed by atoms with E-state index in [0.29, 0.717) is 17.9 Å². The van der Waals surface area contributed by atoms with E-state index < -0.39 is 0 Å². The molecule has 17 heavy (non-hydrogen) atoms. The summed E-state index contributed by atoms with van der Waals surface area (Å²) in [6.07, 6.45) is 9.39. The van der Waals surface area contributed by atoms with Gasteiger partial charge in [0.1, 0.15) is 0 Å². The minimum absolute atomic E-state index is 0.354. The molecule has 0 aromatic rings. The molecule has 1 unspecified atom stereocenters. The maximum atomic E-state index is 9.23. The van der Waals surface area contributed by atoms with E-state index in [9.17, 15) is 5.11 Å². The summed E-state index contributed by atoms with van der Waals surface area (Å²) in [5, 5.41) is 9.23. The Balaban J connectivity index is 1.93. The number of hydrogen-bond donors (Lipinski definition) is 1. The molecule has 2 nitrogen and oxygen atoms in total. The van der Waals surface area contributed by atoms with E-state index in [2.05, 4.69) is 18.7 Å². The van der Waals surface area contributed by atoms with Crippen LogP contribution in [0.3, 0.4) is 0 Å². The molecule has 0 aromatic carbocycles. The summed E-state index contributed by atoms with van der Waals surface area (Å²) < 4.78 is 0. The van der Waals surface area contributed by atoms with E-state index in [1.165, 1.54) is 51.6 Å². The lowest BCUT2D eigenvalue weighted by Gasteiger charge is -2.47. The van der Waals surface area contributed by atoms with E-state index in [1.807, 2.05) is 0 Å². The van der Waals surface area contributed by atoms with E-state index in [-0.39, 0.29) is 0 Å². The summed E-state index contributed by atoms with van der Waals surface area (Å²) >= 11 is 0. The molecule has 2 fully saturated rings. The van der Waals surface area contributed by atoms with Crippen LogP contribution >= 0.6 is 0 Å². The summed E-state index contributed by atoms with van der Waals surface area (Å²) in [6.45, 7) is 7.61. The van der Waals surface area contributed by atoms with Gasteiger partial charge in [-0.3, -0.25) is 0 Å². The predicted octanol–water partition coefficient (Wildman–Crippen LogP) is 3.05. The first-order valence-corrected chi connectivity index (χ1v) is 7.48. The number of piperidine rings is 1.